The minimum atomic E-state index is 0.640. The van der Waals surface area contributed by atoms with Crippen molar-refractivity contribution in [3.63, 3.8) is 0 Å². The fourth-order valence-corrected chi connectivity index (χ4v) is 2.84. The lowest BCUT2D eigenvalue weighted by molar-refractivity contribution is 0.213. The summed E-state index contributed by atoms with van der Waals surface area (Å²) in [6, 6.07) is 6.64. The van der Waals surface area contributed by atoms with Crippen molar-refractivity contribution in [2.24, 2.45) is 0 Å². The van der Waals surface area contributed by atoms with Crippen LogP contribution < -0.4 is 14.8 Å². The van der Waals surface area contributed by atoms with Gasteiger partial charge in [-0.1, -0.05) is 0 Å². The Kier molecular flexibility index (Phi) is 5.68. The summed E-state index contributed by atoms with van der Waals surface area (Å²) < 4.78 is 10.8. The van der Waals surface area contributed by atoms with Crippen LogP contribution in [0.1, 0.15) is 24.8 Å². The van der Waals surface area contributed by atoms with Gasteiger partial charge in [-0.15, -0.1) is 0 Å². The first-order chi connectivity index (χ1) is 9.74. The van der Waals surface area contributed by atoms with Gasteiger partial charge in [-0.25, -0.2) is 0 Å². The molecule has 4 heteroatoms. The Morgan fingerprint density at radius 1 is 1.20 bits per heavy atom. The zero-order chi connectivity index (χ0) is 14.4. The molecule has 1 fully saturated rings. The Labute approximate surface area is 122 Å². The largest absolute Gasteiger partial charge is 0.497 e. The fourth-order valence-electron chi connectivity index (χ4n) is 2.84. The van der Waals surface area contributed by atoms with E-state index in [1.54, 1.807) is 14.2 Å². The van der Waals surface area contributed by atoms with E-state index >= 15 is 0 Å². The minimum Gasteiger partial charge on any atom is -0.497 e. The first-order valence-corrected chi connectivity index (χ1v) is 7.36. The van der Waals surface area contributed by atoms with Crippen LogP contribution in [0.3, 0.4) is 0 Å². The third kappa shape index (κ3) is 3.87. The molecule has 1 heterocycles. The van der Waals surface area contributed by atoms with Gasteiger partial charge in [-0.2, -0.15) is 0 Å². The Hall–Kier alpha value is -1.26. The molecule has 1 aliphatic rings. The predicted molar refractivity (Wildman–Crippen MR) is 81.5 cm³/mol. The lowest BCUT2D eigenvalue weighted by Crippen LogP contribution is -2.32. The zero-order valence-corrected chi connectivity index (χ0v) is 12.8. The maximum atomic E-state index is 5.46. The fraction of sp³-hybridized carbons (Fsp3) is 0.625. The molecule has 4 nitrogen and oxygen atoms in total. The predicted octanol–water partition coefficient (Wildman–Crippen LogP) is 2.28. The monoisotopic (exact) mass is 278 g/mol. The highest BCUT2D eigenvalue weighted by Gasteiger charge is 2.18. The van der Waals surface area contributed by atoms with Crippen LogP contribution in [0.25, 0.3) is 0 Å². The van der Waals surface area contributed by atoms with E-state index in [0.29, 0.717) is 6.04 Å². The number of hydrogen-bond donors (Lipinski definition) is 1. The topological polar surface area (TPSA) is 33.7 Å². The van der Waals surface area contributed by atoms with Crippen molar-refractivity contribution in [2.45, 2.75) is 31.8 Å². The van der Waals surface area contributed by atoms with E-state index in [1.807, 2.05) is 12.1 Å². The molecule has 1 atom stereocenters. The first kappa shape index (κ1) is 15.1. The molecule has 20 heavy (non-hydrogen) atoms. The van der Waals surface area contributed by atoms with Gasteiger partial charge in [0.25, 0.3) is 0 Å². The second-order valence-corrected chi connectivity index (χ2v) is 5.43. The molecule has 1 saturated heterocycles. The molecule has 2 rings (SSSR count). The normalized spacial score (nSPS) is 19.7. The van der Waals surface area contributed by atoms with Gasteiger partial charge in [-0.05, 0) is 57.6 Å². The Morgan fingerprint density at radius 2 is 2.05 bits per heavy atom. The molecule has 112 valence electrons. The van der Waals surface area contributed by atoms with E-state index in [2.05, 4.69) is 23.3 Å². The maximum Gasteiger partial charge on any atom is 0.123 e. The van der Waals surface area contributed by atoms with Gasteiger partial charge < -0.3 is 14.8 Å². The van der Waals surface area contributed by atoms with E-state index < -0.39 is 0 Å². The highest BCUT2D eigenvalue weighted by Crippen LogP contribution is 2.26. The van der Waals surface area contributed by atoms with E-state index in [-0.39, 0.29) is 0 Å². The van der Waals surface area contributed by atoms with E-state index in [1.165, 1.54) is 24.8 Å². The lowest BCUT2D eigenvalue weighted by atomic mass is 10.1. The molecule has 1 N–H and O–H groups in total. The van der Waals surface area contributed by atoms with Crippen LogP contribution in [-0.2, 0) is 6.54 Å². The lowest BCUT2D eigenvalue weighted by Gasteiger charge is -2.27. The summed E-state index contributed by atoms with van der Waals surface area (Å²) in [6.07, 6.45) is 3.73. The van der Waals surface area contributed by atoms with Crippen LogP contribution in [0.5, 0.6) is 11.5 Å². The second-order valence-electron chi connectivity index (χ2n) is 5.43. The van der Waals surface area contributed by atoms with Crippen molar-refractivity contribution in [1.82, 2.24) is 10.2 Å². The Bertz CT molecular complexity index is 415. The minimum absolute atomic E-state index is 0.640. The van der Waals surface area contributed by atoms with Crippen LogP contribution in [0, 0.1) is 0 Å². The number of hydrogen-bond acceptors (Lipinski definition) is 4. The maximum absolute atomic E-state index is 5.46. The van der Waals surface area contributed by atoms with Crippen molar-refractivity contribution in [2.75, 3.05) is 34.4 Å². The summed E-state index contributed by atoms with van der Waals surface area (Å²) in [4.78, 5) is 2.43. The Morgan fingerprint density at radius 3 is 2.80 bits per heavy atom. The third-order valence-electron chi connectivity index (χ3n) is 4.08. The van der Waals surface area contributed by atoms with Crippen LogP contribution in [-0.4, -0.2) is 45.3 Å². The number of ether oxygens (including phenoxy) is 2. The number of benzene rings is 1. The highest BCUT2D eigenvalue weighted by atomic mass is 16.5. The highest BCUT2D eigenvalue weighted by molar-refractivity contribution is 5.40. The quantitative estimate of drug-likeness (QED) is 0.896. The molecule has 1 aromatic carbocycles. The van der Waals surface area contributed by atoms with Gasteiger partial charge in [0.15, 0.2) is 0 Å². The van der Waals surface area contributed by atoms with Crippen LogP contribution in [0.2, 0.25) is 0 Å². The van der Waals surface area contributed by atoms with Crippen molar-refractivity contribution in [3.05, 3.63) is 23.8 Å². The number of rotatable bonds is 5. The molecule has 0 saturated carbocycles. The number of methoxy groups -OCH3 is 2. The second kappa shape index (κ2) is 7.50. The summed E-state index contributed by atoms with van der Waals surface area (Å²) in [7, 11) is 5.63. The molecule has 1 aliphatic heterocycles. The summed E-state index contributed by atoms with van der Waals surface area (Å²) in [5.74, 6) is 1.82. The molecular weight excluding hydrogens is 252 g/mol. The van der Waals surface area contributed by atoms with E-state index in [9.17, 15) is 0 Å². The average molecular weight is 278 g/mol. The van der Waals surface area contributed by atoms with Gasteiger partial charge in [-0.3, -0.25) is 4.90 Å². The number of nitrogens with one attached hydrogen (secondary N) is 1. The summed E-state index contributed by atoms with van der Waals surface area (Å²) >= 11 is 0. The van der Waals surface area contributed by atoms with Crippen LogP contribution >= 0.6 is 0 Å². The smallest absolute Gasteiger partial charge is 0.123 e. The van der Waals surface area contributed by atoms with E-state index in [0.717, 1.165) is 31.1 Å². The summed E-state index contributed by atoms with van der Waals surface area (Å²) in [6.45, 7) is 3.15. The standard InChI is InChI=1S/C16H26N2O2/c1-18(14-5-4-9-17-10-8-14)12-13-11-15(19-2)6-7-16(13)20-3/h6-7,11,14,17H,4-5,8-10,12H2,1-3H3. The molecule has 0 amide bonds. The van der Waals surface area contributed by atoms with Crippen molar-refractivity contribution >= 4 is 0 Å². The van der Waals surface area contributed by atoms with E-state index in [4.69, 9.17) is 9.47 Å². The zero-order valence-electron chi connectivity index (χ0n) is 12.8. The van der Waals surface area contributed by atoms with Crippen LogP contribution in [0.15, 0.2) is 18.2 Å². The average Bonchev–Trinajstić information content (AvgIpc) is 2.76. The molecule has 0 radical (unpaired) electrons. The molecule has 1 aromatic rings. The SMILES string of the molecule is COc1ccc(OC)c(CN(C)C2CCCNCC2)c1. The molecule has 0 aliphatic carbocycles. The van der Waals surface area contributed by atoms with Gasteiger partial charge in [0, 0.05) is 18.2 Å². The van der Waals surface area contributed by atoms with Crippen molar-refractivity contribution in [3.8, 4) is 11.5 Å². The molecule has 0 bridgehead atoms. The van der Waals surface area contributed by atoms with Gasteiger partial charge in [0.2, 0.25) is 0 Å². The third-order valence-corrected chi connectivity index (χ3v) is 4.08. The van der Waals surface area contributed by atoms with Gasteiger partial charge in [0.1, 0.15) is 11.5 Å². The molecule has 1 unspecified atom stereocenters. The molecular formula is C16H26N2O2. The summed E-state index contributed by atoms with van der Waals surface area (Å²) in [5.41, 5.74) is 1.19. The van der Waals surface area contributed by atoms with Gasteiger partial charge in [0.05, 0.1) is 14.2 Å². The van der Waals surface area contributed by atoms with Crippen molar-refractivity contribution < 1.29 is 9.47 Å². The van der Waals surface area contributed by atoms with Crippen LogP contribution in [0.4, 0.5) is 0 Å². The Balaban J connectivity index is 2.07. The van der Waals surface area contributed by atoms with Gasteiger partial charge >= 0.3 is 0 Å². The van der Waals surface area contributed by atoms with Crippen molar-refractivity contribution in [1.29, 1.82) is 0 Å². The molecule has 0 aromatic heterocycles. The first-order valence-electron chi connectivity index (χ1n) is 7.36. The summed E-state index contributed by atoms with van der Waals surface area (Å²) in [5, 5.41) is 3.47. The molecule has 0 spiro atoms. The number of nitrogens with zero attached hydrogens (tertiary/aromatic N) is 1.